The molecular formula is C93H168N2O8. The van der Waals surface area contributed by atoms with Gasteiger partial charge in [-0.15, -0.1) is 0 Å². The van der Waals surface area contributed by atoms with Gasteiger partial charge in [0.1, 0.15) is 6.04 Å². The molecule has 0 fully saturated rings. The van der Waals surface area contributed by atoms with E-state index in [4.69, 9.17) is 28.4 Å². The minimum Gasteiger partial charge on any atom is -0.490 e. The van der Waals surface area contributed by atoms with E-state index < -0.39 is 6.04 Å². The Labute approximate surface area is 637 Å². The number of carbonyl (C=O) groups is 2. The molecular weight excluding hydrogens is 1270 g/mol. The maximum Gasteiger partial charge on any atom is 0.246 e. The average molecular weight is 1440 g/mol. The van der Waals surface area contributed by atoms with Gasteiger partial charge in [-0.25, -0.2) is 0 Å². The first-order valence-electron chi connectivity index (χ1n) is 45.1. The summed E-state index contributed by atoms with van der Waals surface area (Å²) in [5, 5.41) is 6.39. The zero-order valence-electron chi connectivity index (χ0n) is 69.3. The molecule has 0 radical (unpaired) electrons. The largest absolute Gasteiger partial charge is 0.490 e. The molecule has 0 aliphatic rings. The SMILES string of the molecule is CCCCCCCCCCCCOc1cc(/C=C/C(=O)N[C@@H](CC(C)C)C(=O)Nc2cc(OCCCCCCCCCCCC)c(OCCCCCCCCCCCC)c(OCCCCCCCCCCCC)c2)cc(OCCCCCCCCCCCC)c1OCCCCCCCCCCCC. The first kappa shape index (κ1) is 95.0. The monoisotopic (exact) mass is 1440 g/mol. The third-order valence-electron chi connectivity index (χ3n) is 20.6. The number of anilines is 1. The van der Waals surface area contributed by atoms with Crippen molar-refractivity contribution in [3.05, 3.63) is 35.9 Å². The minimum absolute atomic E-state index is 0.125. The Balaban J connectivity index is 2.49. The maximum atomic E-state index is 14.8. The Morgan fingerprint density at radius 3 is 0.748 bits per heavy atom. The molecule has 0 aromatic heterocycles. The molecule has 0 saturated heterocycles. The number of amides is 2. The lowest BCUT2D eigenvalue weighted by atomic mass is 10.0. The summed E-state index contributed by atoms with van der Waals surface area (Å²) in [6, 6.07) is 7.05. The summed E-state index contributed by atoms with van der Waals surface area (Å²) in [7, 11) is 0. The number of nitrogens with one attached hydrogen (secondary N) is 2. The van der Waals surface area contributed by atoms with Crippen LogP contribution in [0.2, 0.25) is 0 Å². The minimum atomic E-state index is -0.807. The van der Waals surface area contributed by atoms with E-state index in [-0.39, 0.29) is 17.7 Å². The van der Waals surface area contributed by atoms with Crippen LogP contribution >= 0.6 is 0 Å². The van der Waals surface area contributed by atoms with E-state index in [1.807, 2.05) is 30.3 Å². The number of hydrogen-bond donors (Lipinski definition) is 2. The van der Waals surface area contributed by atoms with E-state index in [1.165, 1.54) is 308 Å². The summed E-state index contributed by atoms with van der Waals surface area (Å²) < 4.78 is 40.4. The van der Waals surface area contributed by atoms with Crippen molar-refractivity contribution in [3.63, 3.8) is 0 Å². The fourth-order valence-corrected chi connectivity index (χ4v) is 14.0. The van der Waals surface area contributed by atoms with Gasteiger partial charge in [0.25, 0.3) is 0 Å². The summed E-state index contributed by atoms with van der Waals surface area (Å²) in [6.45, 7) is 21.3. The lowest BCUT2D eigenvalue weighted by Gasteiger charge is -2.22. The van der Waals surface area contributed by atoms with Crippen LogP contribution in [0.15, 0.2) is 30.3 Å². The molecule has 0 saturated carbocycles. The first-order valence-corrected chi connectivity index (χ1v) is 45.1. The Kier molecular flexibility index (Phi) is 66.5. The topological polar surface area (TPSA) is 114 Å². The molecule has 0 aliphatic heterocycles. The highest BCUT2D eigenvalue weighted by molar-refractivity contribution is 6.00. The van der Waals surface area contributed by atoms with Crippen molar-refractivity contribution in [1.29, 1.82) is 0 Å². The van der Waals surface area contributed by atoms with Crippen molar-refractivity contribution in [2.24, 2.45) is 5.92 Å². The number of benzene rings is 2. The van der Waals surface area contributed by atoms with Crippen molar-refractivity contribution in [3.8, 4) is 34.5 Å². The van der Waals surface area contributed by atoms with Gasteiger partial charge in [0.15, 0.2) is 23.0 Å². The van der Waals surface area contributed by atoms with Gasteiger partial charge in [-0.3, -0.25) is 9.59 Å². The van der Waals surface area contributed by atoms with Crippen LogP contribution in [0.4, 0.5) is 5.69 Å². The van der Waals surface area contributed by atoms with Crippen LogP contribution in [0, 0.1) is 5.92 Å². The van der Waals surface area contributed by atoms with Gasteiger partial charge in [-0.05, 0) is 74.6 Å². The fraction of sp³-hybridized carbons (Fsp3) is 0.828. The number of rotatable bonds is 79. The van der Waals surface area contributed by atoms with Crippen LogP contribution in [0.25, 0.3) is 6.08 Å². The molecule has 2 rings (SSSR count). The highest BCUT2D eigenvalue weighted by Gasteiger charge is 2.25. The highest BCUT2D eigenvalue weighted by Crippen LogP contribution is 2.43. The second-order valence-corrected chi connectivity index (χ2v) is 31.3. The molecule has 0 spiro atoms. The van der Waals surface area contributed by atoms with Gasteiger partial charge in [-0.2, -0.15) is 0 Å². The number of carbonyl (C=O) groups excluding carboxylic acids is 2. The zero-order valence-corrected chi connectivity index (χ0v) is 69.3. The van der Waals surface area contributed by atoms with Crippen molar-refractivity contribution >= 4 is 23.6 Å². The third-order valence-corrected chi connectivity index (χ3v) is 20.6. The molecule has 0 aliphatic carbocycles. The van der Waals surface area contributed by atoms with E-state index >= 15 is 0 Å². The van der Waals surface area contributed by atoms with E-state index in [9.17, 15) is 9.59 Å². The summed E-state index contributed by atoms with van der Waals surface area (Å²) in [4.78, 5) is 29.1. The van der Waals surface area contributed by atoms with Gasteiger partial charge in [0.05, 0.1) is 39.6 Å². The number of ether oxygens (including phenoxy) is 6. The fourth-order valence-electron chi connectivity index (χ4n) is 14.0. The first-order chi connectivity index (χ1) is 50.7. The van der Waals surface area contributed by atoms with Gasteiger partial charge >= 0.3 is 0 Å². The Morgan fingerprint density at radius 1 is 0.301 bits per heavy atom. The smallest absolute Gasteiger partial charge is 0.246 e. The molecule has 598 valence electrons. The van der Waals surface area contributed by atoms with E-state index in [0.29, 0.717) is 86.2 Å². The van der Waals surface area contributed by atoms with Crippen LogP contribution in [-0.2, 0) is 9.59 Å². The Morgan fingerprint density at radius 2 is 0.515 bits per heavy atom. The number of unbranched alkanes of at least 4 members (excludes halogenated alkanes) is 54. The van der Waals surface area contributed by atoms with E-state index in [2.05, 4.69) is 66.0 Å². The summed E-state index contributed by atoms with van der Waals surface area (Å²) in [5.41, 5.74) is 1.35. The molecule has 0 bridgehead atoms. The normalized spacial score (nSPS) is 11.9. The molecule has 103 heavy (non-hydrogen) atoms. The van der Waals surface area contributed by atoms with Crippen LogP contribution in [-0.4, -0.2) is 57.5 Å². The lowest BCUT2D eigenvalue weighted by molar-refractivity contribution is -0.124. The predicted molar refractivity (Wildman–Crippen MR) is 446 cm³/mol. The van der Waals surface area contributed by atoms with Crippen molar-refractivity contribution in [2.75, 3.05) is 45.0 Å². The third kappa shape index (κ3) is 55.9. The Bertz CT molecular complexity index is 2140. The lowest BCUT2D eigenvalue weighted by Crippen LogP contribution is -2.44. The van der Waals surface area contributed by atoms with Gasteiger partial charge in [0, 0.05) is 23.9 Å². The molecule has 2 amide bonds. The van der Waals surface area contributed by atoms with Crippen LogP contribution in [0.3, 0.4) is 0 Å². The summed E-state index contributed by atoms with van der Waals surface area (Å²) in [5.74, 6) is 3.30. The van der Waals surface area contributed by atoms with E-state index in [0.717, 1.165) is 82.6 Å². The van der Waals surface area contributed by atoms with E-state index in [1.54, 1.807) is 6.08 Å². The molecule has 0 heterocycles. The average Bonchev–Trinajstić information content (AvgIpc) is 0.830. The Hall–Kier alpha value is -4.08. The second-order valence-electron chi connectivity index (χ2n) is 31.3. The second kappa shape index (κ2) is 72.1. The van der Waals surface area contributed by atoms with Crippen LogP contribution < -0.4 is 39.1 Å². The molecule has 10 nitrogen and oxygen atoms in total. The van der Waals surface area contributed by atoms with Crippen LogP contribution in [0.1, 0.15) is 453 Å². The summed E-state index contributed by atoms with van der Waals surface area (Å²) in [6.07, 6.45) is 78.9. The molecule has 2 N–H and O–H groups in total. The highest BCUT2D eigenvalue weighted by atomic mass is 16.5. The van der Waals surface area contributed by atoms with Crippen LogP contribution in [0.5, 0.6) is 34.5 Å². The quantitative estimate of drug-likeness (QED) is 0.0497. The zero-order chi connectivity index (χ0) is 74.2. The molecule has 0 unspecified atom stereocenters. The van der Waals surface area contributed by atoms with Crippen molar-refractivity contribution < 1.29 is 38.0 Å². The summed E-state index contributed by atoms with van der Waals surface area (Å²) >= 11 is 0. The van der Waals surface area contributed by atoms with Crippen molar-refractivity contribution in [2.45, 2.75) is 453 Å². The molecule has 1 atom stereocenters. The van der Waals surface area contributed by atoms with Crippen molar-refractivity contribution in [1.82, 2.24) is 5.32 Å². The maximum absolute atomic E-state index is 14.8. The molecule has 2 aromatic carbocycles. The van der Waals surface area contributed by atoms with Gasteiger partial charge < -0.3 is 39.1 Å². The predicted octanol–water partition coefficient (Wildman–Crippen LogP) is 29.7. The van der Waals surface area contributed by atoms with Gasteiger partial charge in [-0.1, -0.05) is 402 Å². The molecule has 10 heteroatoms. The number of hydrogen-bond acceptors (Lipinski definition) is 8. The molecule has 2 aromatic rings. The van der Waals surface area contributed by atoms with Gasteiger partial charge in [0.2, 0.25) is 23.3 Å². The standard InChI is InChI=1S/C93H168N2O8/c1-9-15-21-27-33-39-45-51-57-63-71-98-86-78-83(79-87(99-72-64-58-52-46-40-34-28-22-16-10-2)91(86)102-75-67-61-55-49-43-37-31-25-19-13-5)69-70-90(96)95-85(77-82(7)8)93(97)94-84-80-88(100-73-65-59-53-47-41-35-29-23-17-11-3)92(103-76-68-62-56-50-44-38-32-26-20-14-6)89(81-84)101-74-66-60-54-48-42-36-30-24-18-12-4/h69-70,78-82,85H,9-68,71-77H2,1-8H3,(H,94,97)(H,95,96)/b70-69+/t85-/m0/s1.